The smallest absolute Gasteiger partial charge is 0.274 e. The summed E-state index contributed by atoms with van der Waals surface area (Å²) in [6.07, 6.45) is -7.75. The molecule has 1 fully saturated rings. The van der Waals surface area contributed by atoms with E-state index in [0.717, 1.165) is 17.2 Å². The second-order valence-electron chi connectivity index (χ2n) is 13.1. The second kappa shape index (κ2) is 20.2. The molecule has 2 aromatic heterocycles. The fourth-order valence-corrected chi connectivity index (χ4v) is 7.81. The number of aliphatic hydroxyl groups is 3. The molecule has 0 saturated carbocycles. The number of nitrogens with zero attached hydrogens (tertiary/aromatic N) is 4. The van der Waals surface area contributed by atoms with Crippen molar-refractivity contribution in [3.8, 4) is 0 Å². The number of carbonyl (C=O) groups is 3. The van der Waals surface area contributed by atoms with E-state index in [0.29, 0.717) is 19.4 Å². The normalized spacial score (nSPS) is 22.2. The highest BCUT2D eigenvalue weighted by atomic mass is 31.3. The topological polar surface area (TPSA) is 421 Å². The number of hydrogen-bond donors (Lipinski definition) is 7. The van der Waals surface area contributed by atoms with E-state index < -0.39 is 90.7 Å². The molecule has 56 heavy (non-hydrogen) atoms. The molecule has 0 spiro atoms. The molecule has 26 nitrogen and oxygen atoms in total. The lowest BCUT2D eigenvalue weighted by atomic mass is 9.87. The van der Waals surface area contributed by atoms with Crippen LogP contribution in [0.2, 0.25) is 0 Å². The molecule has 2 aromatic rings. The summed E-state index contributed by atoms with van der Waals surface area (Å²) < 4.78 is 60.4. The van der Waals surface area contributed by atoms with Crippen LogP contribution < -0.4 is 41.7 Å². The summed E-state index contributed by atoms with van der Waals surface area (Å²) in [6.45, 7) is 0.133. The zero-order valence-electron chi connectivity index (χ0n) is 29.9. The molecule has 2 amide bonds. The predicted molar refractivity (Wildman–Crippen MR) is 179 cm³/mol. The number of imidazole rings is 1. The molecule has 8 atom stereocenters. The molecule has 3 heterocycles. The van der Waals surface area contributed by atoms with E-state index >= 15 is 0 Å². The number of amides is 2. The highest BCUT2D eigenvalue weighted by Gasteiger charge is 2.47. The number of ketones is 1. The summed E-state index contributed by atoms with van der Waals surface area (Å²) in [6, 6.07) is 0. The van der Waals surface area contributed by atoms with Crippen LogP contribution in [-0.4, -0.2) is 116 Å². The van der Waals surface area contributed by atoms with Gasteiger partial charge in [0.05, 0.1) is 33.5 Å². The van der Waals surface area contributed by atoms with Crippen molar-refractivity contribution in [2.45, 2.75) is 82.7 Å². The van der Waals surface area contributed by atoms with Gasteiger partial charge in [0.1, 0.15) is 42.0 Å². The highest BCUT2D eigenvalue weighted by molar-refractivity contribution is 7.59. The molecule has 8 unspecified atom stereocenters. The number of aliphatic hydroxyl groups excluding tert-OH is 3. The number of ether oxygens (including phenoxy) is 1. The first-order chi connectivity index (χ1) is 25.9. The maximum Gasteiger partial charge on any atom is 0.274 e. The maximum atomic E-state index is 12.5. The molecule has 1 aliphatic rings. The molecular formula is C27H43N8O18P3-4. The van der Waals surface area contributed by atoms with Gasteiger partial charge in [0.15, 0.2) is 17.7 Å². The van der Waals surface area contributed by atoms with Crippen molar-refractivity contribution in [2.24, 2.45) is 11.1 Å². The van der Waals surface area contributed by atoms with Crippen LogP contribution in [0.3, 0.4) is 0 Å². The summed E-state index contributed by atoms with van der Waals surface area (Å²) in [5.74, 6) is -1.96. The summed E-state index contributed by atoms with van der Waals surface area (Å²) in [4.78, 5) is 95.8. The lowest BCUT2D eigenvalue weighted by Gasteiger charge is -2.36. The zero-order valence-corrected chi connectivity index (χ0v) is 32.6. The Morgan fingerprint density at radius 2 is 1.70 bits per heavy atom. The average molecular weight is 861 g/mol. The Labute approximate surface area is 318 Å². The SMILES string of the molecule is CC(C)(COP(=O)([O-])OP(=O)([O-])OCC1OC(n2cnc3c(N)ncnc32)C(O)C1OP(=O)([O-])[O-])C(O)C(=O)NCCC(=O)NCCC(=O)CC(O)CCCN. The summed E-state index contributed by atoms with van der Waals surface area (Å²) >= 11 is 0. The van der Waals surface area contributed by atoms with Gasteiger partial charge in [0, 0.05) is 37.8 Å². The van der Waals surface area contributed by atoms with E-state index in [1.807, 2.05) is 0 Å². The number of phosphoric ester groups is 3. The largest absolute Gasteiger partial charge is 0.790 e. The predicted octanol–water partition coefficient (Wildman–Crippen LogP) is -4.67. The van der Waals surface area contributed by atoms with E-state index in [-0.39, 0.29) is 55.1 Å². The second-order valence-corrected chi connectivity index (χ2v) is 17.1. The third-order valence-corrected chi connectivity index (χ3v) is 11.0. The van der Waals surface area contributed by atoms with Gasteiger partial charge in [-0.25, -0.2) is 19.3 Å². The van der Waals surface area contributed by atoms with Crippen LogP contribution in [-0.2, 0) is 50.7 Å². The molecule has 3 rings (SSSR count). The Hall–Kier alpha value is -2.87. The summed E-state index contributed by atoms with van der Waals surface area (Å²) in [7, 11) is -17.6. The summed E-state index contributed by atoms with van der Waals surface area (Å²) in [5, 5.41) is 35.8. The van der Waals surface area contributed by atoms with Crippen LogP contribution in [0.15, 0.2) is 12.7 Å². The minimum atomic E-state index is -5.93. The number of Topliss-reactive ketones (excluding diaryl/α,β-unsaturated/α-hetero) is 1. The number of phosphoric acid groups is 3. The number of nitrogens with one attached hydrogen (secondary N) is 2. The van der Waals surface area contributed by atoms with E-state index in [4.69, 9.17) is 16.2 Å². The number of nitrogen functional groups attached to an aromatic ring is 1. The first kappa shape index (κ1) is 47.5. The molecule has 0 bridgehead atoms. The van der Waals surface area contributed by atoms with Gasteiger partial charge in [0.25, 0.3) is 15.6 Å². The van der Waals surface area contributed by atoms with Crippen LogP contribution in [0.25, 0.3) is 11.2 Å². The number of carbonyl (C=O) groups excluding carboxylic acids is 3. The fraction of sp³-hybridized carbons (Fsp3) is 0.704. The van der Waals surface area contributed by atoms with E-state index in [2.05, 4.69) is 43.5 Å². The summed E-state index contributed by atoms with van der Waals surface area (Å²) in [5.41, 5.74) is 9.38. The van der Waals surface area contributed by atoms with E-state index in [1.54, 1.807) is 0 Å². The van der Waals surface area contributed by atoms with Crippen molar-refractivity contribution in [1.82, 2.24) is 30.2 Å². The third kappa shape index (κ3) is 14.5. The van der Waals surface area contributed by atoms with Gasteiger partial charge in [-0.2, -0.15) is 0 Å². The first-order valence-corrected chi connectivity index (χ1v) is 21.0. The number of fused-ring (bicyclic) bond motifs is 1. The molecular weight excluding hydrogens is 817 g/mol. The Morgan fingerprint density at radius 1 is 1.04 bits per heavy atom. The number of hydrogen-bond acceptors (Lipinski definition) is 23. The Kier molecular flexibility index (Phi) is 17.1. The van der Waals surface area contributed by atoms with Crippen LogP contribution >= 0.6 is 23.5 Å². The number of rotatable bonds is 24. The minimum absolute atomic E-state index is 0.0177. The van der Waals surface area contributed by atoms with Gasteiger partial charge < -0.3 is 79.9 Å². The van der Waals surface area contributed by atoms with Crippen molar-refractivity contribution in [3.05, 3.63) is 12.7 Å². The quantitative estimate of drug-likeness (QED) is 0.0488. The Balaban J connectivity index is 1.49. The van der Waals surface area contributed by atoms with Crippen molar-refractivity contribution in [2.75, 3.05) is 38.6 Å². The van der Waals surface area contributed by atoms with E-state index in [1.165, 1.54) is 13.8 Å². The molecule has 0 radical (unpaired) electrons. The molecule has 0 aromatic carbocycles. The number of anilines is 1. The van der Waals surface area contributed by atoms with Gasteiger partial charge in [-0.3, -0.25) is 28.1 Å². The van der Waals surface area contributed by atoms with Gasteiger partial charge in [0.2, 0.25) is 11.8 Å². The van der Waals surface area contributed by atoms with Gasteiger partial charge >= 0.3 is 0 Å². The van der Waals surface area contributed by atoms with Gasteiger partial charge in [-0.15, -0.1) is 0 Å². The lowest BCUT2D eigenvalue weighted by molar-refractivity contribution is -0.347. The van der Waals surface area contributed by atoms with Crippen molar-refractivity contribution >= 4 is 58.0 Å². The minimum Gasteiger partial charge on any atom is -0.790 e. The maximum absolute atomic E-state index is 12.5. The van der Waals surface area contributed by atoms with Crippen molar-refractivity contribution < 1.29 is 85.6 Å². The zero-order chi connectivity index (χ0) is 42.1. The van der Waals surface area contributed by atoms with Gasteiger partial charge in [-0.05, 0) is 19.4 Å². The number of aromatic nitrogens is 4. The molecule has 1 saturated heterocycles. The molecule has 318 valence electrons. The Bertz CT molecular complexity index is 1810. The molecule has 0 aliphatic carbocycles. The average Bonchev–Trinajstić information content (AvgIpc) is 3.65. The van der Waals surface area contributed by atoms with Crippen LogP contribution in [0.4, 0.5) is 5.82 Å². The standard InChI is InChI=1S/C27H47N8O18P3/c1-27(2,22(40)25(41)31-9-6-18(38)30-8-5-16(37)10-15(36)4-3-7-28)12-50-56(47,48)53-55(45,46)49-11-17-21(52-54(42,43)44)20(39)26(51-17)35-14-34-19-23(29)32-13-33-24(19)35/h13-15,17,20-22,26,36,39-40H,3-12,28H2,1-2H3,(H,30,38)(H,31,41)(H,45,46)(H,47,48)(H2,29,32,33)(H2,42,43,44)/p-4. The molecule has 9 N–H and O–H groups in total. The highest BCUT2D eigenvalue weighted by Crippen LogP contribution is 2.56. The first-order valence-electron chi connectivity index (χ1n) is 16.7. The van der Waals surface area contributed by atoms with Crippen molar-refractivity contribution in [1.29, 1.82) is 0 Å². The van der Waals surface area contributed by atoms with Crippen LogP contribution in [0.5, 0.6) is 0 Å². The fourth-order valence-electron chi connectivity index (χ4n) is 5.08. The Morgan fingerprint density at radius 3 is 2.36 bits per heavy atom. The molecule has 29 heteroatoms. The van der Waals surface area contributed by atoms with Crippen molar-refractivity contribution in [3.63, 3.8) is 0 Å². The van der Waals surface area contributed by atoms with Crippen LogP contribution in [0.1, 0.15) is 52.2 Å². The number of nitrogens with two attached hydrogens (primary N) is 2. The van der Waals surface area contributed by atoms with E-state index in [9.17, 15) is 63.0 Å². The van der Waals surface area contributed by atoms with Gasteiger partial charge in [-0.1, -0.05) is 13.8 Å². The monoisotopic (exact) mass is 860 g/mol. The van der Waals surface area contributed by atoms with Crippen LogP contribution in [0, 0.1) is 5.41 Å². The third-order valence-electron chi connectivity index (χ3n) is 7.98. The lowest BCUT2D eigenvalue weighted by Crippen LogP contribution is -2.46. The molecule has 1 aliphatic heterocycles.